The van der Waals surface area contributed by atoms with Crippen molar-refractivity contribution in [3.05, 3.63) is 157 Å². The summed E-state index contributed by atoms with van der Waals surface area (Å²) in [5.41, 5.74) is 8.87. The van der Waals surface area contributed by atoms with Crippen LogP contribution < -0.4 is 9.80 Å². The van der Waals surface area contributed by atoms with Crippen molar-refractivity contribution >= 4 is 45.3 Å². The average molecular weight is 559 g/mol. The molecule has 2 nitrogen and oxygen atoms in total. The molecule has 0 spiro atoms. The minimum Gasteiger partial charge on any atom is -0.334 e. The molecule has 3 unspecified atom stereocenters. The van der Waals surface area contributed by atoms with E-state index in [1.54, 1.807) is 0 Å². The topological polar surface area (TPSA) is 6.48 Å². The summed E-state index contributed by atoms with van der Waals surface area (Å²) < 4.78 is 0. The zero-order valence-corrected chi connectivity index (χ0v) is 25.0. The Morgan fingerprint density at radius 2 is 1.12 bits per heavy atom. The van der Waals surface area contributed by atoms with Gasteiger partial charge in [-0.2, -0.15) is 0 Å². The number of benzene rings is 5. The summed E-state index contributed by atoms with van der Waals surface area (Å²) in [7, 11) is 0. The molecule has 43 heavy (non-hydrogen) atoms. The Balaban J connectivity index is 1.58. The zero-order chi connectivity index (χ0) is 29.2. The molecule has 5 aromatic rings. The fraction of sp³-hybridized carbons (Fsp3) is 0.171. The van der Waals surface area contributed by atoms with Crippen LogP contribution in [0.25, 0.3) is 16.8 Å². The van der Waals surface area contributed by atoms with Crippen molar-refractivity contribution in [1.82, 2.24) is 0 Å². The number of hydrogen-bond donors (Lipinski definition) is 0. The lowest BCUT2D eigenvalue weighted by Gasteiger charge is -2.39. The van der Waals surface area contributed by atoms with Gasteiger partial charge in [0.15, 0.2) is 0 Å². The Morgan fingerprint density at radius 1 is 0.581 bits per heavy atom. The molecule has 0 aliphatic heterocycles. The Labute approximate surface area is 255 Å². The minimum atomic E-state index is 0.225. The molecule has 0 N–H and O–H groups in total. The number of para-hydroxylation sites is 3. The van der Waals surface area contributed by atoms with E-state index in [0.717, 1.165) is 24.2 Å². The van der Waals surface area contributed by atoms with Crippen molar-refractivity contribution in [2.75, 3.05) is 9.80 Å². The first-order valence-corrected chi connectivity index (χ1v) is 15.6. The molecule has 2 aliphatic carbocycles. The monoisotopic (exact) mass is 558 g/mol. The summed E-state index contributed by atoms with van der Waals surface area (Å²) in [5, 5.41) is 2.55. The van der Waals surface area contributed by atoms with Gasteiger partial charge in [-0.15, -0.1) is 0 Å². The quantitative estimate of drug-likeness (QED) is 0.191. The maximum absolute atomic E-state index is 2.63. The van der Waals surface area contributed by atoms with Crippen molar-refractivity contribution in [2.45, 2.75) is 38.6 Å². The summed E-state index contributed by atoms with van der Waals surface area (Å²) >= 11 is 0. The normalized spacial score (nSPS) is 19.2. The number of fused-ring (bicyclic) bond motifs is 2. The third-order valence-electron chi connectivity index (χ3n) is 8.86. The molecule has 0 saturated heterocycles. The predicted octanol–water partition coefficient (Wildman–Crippen LogP) is 11.5. The SMILES string of the molecule is CC1C=CC=CC(N(c2ccccc2)c2c3c(c(N(c4ccccc4)c4ccccc4)c4ccccc24)C=CCC3C)C1. The van der Waals surface area contributed by atoms with Gasteiger partial charge in [-0.1, -0.05) is 129 Å². The highest BCUT2D eigenvalue weighted by atomic mass is 15.2. The molecule has 0 bridgehead atoms. The summed E-state index contributed by atoms with van der Waals surface area (Å²) in [6.07, 6.45) is 16.0. The summed E-state index contributed by atoms with van der Waals surface area (Å²) in [4.78, 5) is 5.09. The van der Waals surface area contributed by atoms with Gasteiger partial charge in [0.2, 0.25) is 0 Å². The van der Waals surface area contributed by atoms with Gasteiger partial charge in [0.25, 0.3) is 0 Å². The fourth-order valence-corrected chi connectivity index (χ4v) is 6.93. The molecule has 7 rings (SSSR count). The van der Waals surface area contributed by atoms with Gasteiger partial charge < -0.3 is 9.80 Å². The summed E-state index contributed by atoms with van der Waals surface area (Å²) in [6, 6.07) is 41.9. The van der Waals surface area contributed by atoms with Gasteiger partial charge in [-0.05, 0) is 66.6 Å². The Kier molecular flexibility index (Phi) is 7.43. The summed E-state index contributed by atoms with van der Waals surface area (Å²) in [6.45, 7) is 4.73. The molecule has 2 aliphatic rings. The maximum Gasteiger partial charge on any atom is 0.0616 e. The molecule has 2 heteroatoms. The van der Waals surface area contributed by atoms with Crippen molar-refractivity contribution < 1.29 is 0 Å². The van der Waals surface area contributed by atoms with E-state index in [4.69, 9.17) is 0 Å². The van der Waals surface area contributed by atoms with Crippen LogP contribution in [0.4, 0.5) is 28.4 Å². The molecule has 5 aromatic carbocycles. The van der Waals surface area contributed by atoms with E-state index in [1.165, 1.54) is 39.0 Å². The van der Waals surface area contributed by atoms with Gasteiger partial charge in [0.1, 0.15) is 0 Å². The molecule has 0 fully saturated rings. The minimum absolute atomic E-state index is 0.225. The van der Waals surface area contributed by atoms with Crippen LogP contribution in [0, 0.1) is 5.92 Å². The Hall–Kier alpha value is -4.82. The van der Waals surface area contributed by atoms with Gasteiger partial charge >= 0.3 is 0 Å². The Morgan fingerprint density at radius 3 is 1.74 bits per heavy atom. The van der Waals surface area contributed by atoms with Crippen LogP contribution in [-0.4, -0.2) is 6.04 Å². The highest BCUT2D eigenvalue weighted by Crippen LogP contribution is 2.53. The van der Waals surface area contributed by atoms with Gasteiger partial charge in [0.05, 0.1) is 17.4 Å². The van der Waals surface area contributed by atoms with Gasteiger partial charge in [0, 0.05) is 33.4 Å². The molecule has 3 atom stereocenters. The van der Waals surface area contributed by atoms with Crippen molar-refractivity contribution in [3.8, 4) is 0 Å². The van der Waals surface area contributed by atoms with Crippen LogP contribution in [0.15, 0.2) is 146 Å². The molecular formula is C41H38N2. The first-order valence-electron chi connectivity index (χ1n) is 15.6. The second kappa shape index (κ2) is 11.8. The van der Waals surface area contributed by atoms with Crippen LogP contribution >= 0.6 is 0 Å². The van der Waals surface area contributed by atoms with Crippen molar-refractivity contribution in [3.63, 3.8) is 0 Å². The second-order valence-electron chi connectivity index (χ2n) is 11.9. The molecule has 0 saturated carbocycles. The Bertz CT molecular complexity index is 1760. The molecule has 0 amide bonds. The number of nitrogens with zero attached hydrogens (tertiary/aromatic N) is 2. The largest absolute Gasteiger partial charge is 0.334 e. The third kappa shape index (κ3) is 5.08. The molecular weight excluding hydrogens is 520 g/mol. The van der Waals surface area contributed by atoms with Crippen LogP contribution in [-0.2, 0) is 0 Å². The average Bonchev–Trinajstić information content (AvgIpc) is 3.28. The van der Waals surface area contributed by atoms with E-state index in [0.29, 0.717) is 11.8 Å². The van der Waals surface area contributed by atoms with Crippen molar-refractivity contribution in [2.24, 2.45) is 5.92 Å². The smallest absolute Gasteiger partial charge is 0.0616 e. The first-order chi connectivity index (χ1) is 21.2. The predicted molar refractivity (Wildman–Crippen MR) is 185 cm³/mol. The van der Waals surface area contributed by atoms with Gasteiger partial charge in [-0.3, -0.25) is 0 Å². The lowest BCUT2D eigenvalue weighted by atomic mass is 9.81. The summed E-state index contributed by atoms with van der Waals surface area (Å²) in [5.74, 6) is 0.847. The van der Waals surface area contributed by atoms with Gasteiger partial charge in [-0.25, -0.2) is 0 Å². The van der Waals surface area contributed by atoms with Crippen LogP contribution in [0.3, 0.4) is 0 Å². The van der Waals surface area contributed by atoms with E-state index in [-0.39, 0.29) is 6.04 Å². The van der Waals surface area contributed by atoms with E-state index < -0.39 is 0 Å². The number of hydrogen-bond acceptors (Lipinski definition) is 2. The van der Waals surface area contributed by atoms with E-state index in [2.05, 4.69) is 175 Å². The van der Waals surface area contributed by atoms with Crippen molar-refractivity contribution in [1.29, 1.82) is 0 Å². The lowest BCUT2D eigenvalue weighted by Crippen LogP contribution is -2.32. The standard InChI is InChI=1S/C41H38N2/c1-30-17-12-13-25-35(29-30)43(34-23-10-5-11-24-34)41-37-27-15-14-26-36(37)40(38-28-16-18-31(2)39(38)41)42(32-19-6-3-7-20-32)33-21-8-4-9-22-33/h3-17,19-28,30-31,35H,18,29H2,1-2H3. The van der Waals surface area contributed by atoms with E-state index in [1.807, 2.05) is 0 Å². The lowest BCUT2D eigenvalue weighted by molar-refractivity contribution is 0.588. The first kappa shape index (κ1) is 27.0. The second-order valence-corrected chi connectivity index (χ2v) is 11.9. The zero-order valence-electron chi connectivity index (χ0n) is 25.0. The fourth-order valence-electron chi connectivity index (χ4n) is 6.93. The highest BCUT2D eigenvalue weighted by Gasteiger charge is 2.32. The number of allylic oxidation sites excluding steroid dienone is 4. The van der Waals surface area contributed by atoms with E-state index in [9.17, 15) is 0 Å². The highest BCUT2D eigenvalue weighted by molar-refractivity contribution is 6.11. The molecule has 0 aromatic heterocycles. The third-order valence-corrected chi connectivity index (χ3v) is 8.86. The van der Waals surface area contributed by atoms with Crippen LogP contribution in [0.1, 0.15) is 43.7 Å². The van der Waals surface area contributed by atoms with Crippen LogP contribution in [0.2, 0.25) is 0 Å². The molecule has 0 heterocycles. The number of rotatable bonds is 6. The maximum atomic E-state index is 2.63. The van der Waals surface area contributed by atoms with E-state index >= 15 is 0 Å². The molecule has 0 radical (unpaired) electrons. The molecule has 212 valence electrons. The number of anilines is 5. The van der Waals surface area contributed by atoms with Crippen LogP contribution in [0.5, 0.6) is 0 Å².